The first-order chi connectivity index (χ1) is 18.2. The highest BCUT2D eigenvalue weighted by molar-refractivity contribution is 14.1. The maximum atomic E-state index is 13.5. The Balaban J connectivity index is 1.43. The molecule has 2 aromatic rings. The number of aryl methyl sites for hydroxylation is 1. The molecule has 13 heteroatoms. The lowest BCUT2D eigenvalue weighted by Gasteiger charge is -2.30. The highest BCUT2D eigenvalue weighted by atomic mass is 127. The van der Waals surface area contributed by atoms with E-state index in [0.29, 0.717) is 19.1 Å². The van der Waals surface area contributed by atoms with Gasteiger partial charge in [-0.3, -0.25) is 14.1 Å². The quantitative estimate of drug-likeness (QED) is 0.189. The van der Waals surface area contributed by atoms with Crippen LogP contribution in [-0.4, -0.2) is 48.2 Å². The molecule has 1 heterocycles. The van der Waals surface area contributed by atoms with Gasteiger partial charge in [0.05, 0.1) is 22.3 Å². The molecule has 0 amide bonds. The molecule has 6 unspecified atom stereocenters. The zero-order valence-electron chi connectivity index (χ0n) is 20.9. The summed E-state index contributed by atoms with van der Waals surface area (Å²) in [4.78, 5) is 39.2. The van der Waals surface area contributed by atoms with Gasteiger partial charge in [0.25, 0.3) is 10.1 Å². The van der Waals surface area contributed by atoms with Crippen molar-refractivity contribution in [2.24, 2.45) is 23.7 Å². The van der Waals surface area contributed by atoms with Gasteiger partial charge in [0.1, 0.15) is 23.7 Å². The molecule has 0 radical (unpaired) electrons. The van der Waals surface area contributed by atoms with Gasteiger partial charge in [0, 0.05) is 19.0 Å². The minimum Gasteiger partial charge on any atom is -0.508 e. The lowest BCUT2D eigenvalue weighted by molar-refractivity contribution is -0.149. The molecular weight excluding hydrogens is 758 g/mol. The zero-order valence-corrected chi connectivity index (χ0v) is 26.0. The number of hydrogen-bond acceptors (Lipinski definition) is 9. The van der Waals surface area contributed by atoms with Crippen LogP contribution in [0.1, 0.15) is 47.7 Å². The van der Waals surface area contributed by atoms with Crippen LogP contribution < -0.4 is 4.74 Å². The minimum atomic E-state index is -4.50. The predicted molar refractivity (Wildman–Crippen MR) is 152 cm³/mol. The largest absolute Gasteiger partial charge is 0.508 e. The highest BCUT2D eigenvalue weighted by Gasteiger charge is 2.70. The fourth-order valence-electron chi connectivity index (χ4n) is 6.04. The van der Waals surface area contributed by atoms with Gasteiger partial charge in [-0.15, -0.1) is 0 Å². The first-order valence-electron chi connectivity index (χ1n) is 12.1. The fourth-order valence-corrected chi connectivity index (χ4v) is 9.14. The van der Waals surface area contributed by atoms with Crippen molar-refractivity contribution in [2.75, 3.05) is 0 Å². The zero-order chi connectivity index (χ0) is 28.5. The summed E-state index contributed by atoms with van der Waals surface area (Å²) in [5.41, 5.74) is 0.867. The number of esters is 3. The van der Waals surface area contributed by atoms with Crippen molar-refractivity contribution >= 4 is 73.2 Å². The Morgan fingerprint density at radius 2 is 1.74 bits per heavy atom. The predicted octanol–water partition coefficient (Wildman–Crippen LogP) is 4.22. The van der Waals surface area contributed by atoms with E-state index in [1.54, 1.807) is 20.8 Å². The number of aromatic hydroxyl groups is 1. The highest BCUT2D eigenvalue weighted by Crippen LogP contribution is 2.59. The smallest absolute Gasteiger partial charge is 0.340 e. The average Bonchev–Trinajstić information content (AvgIpc) is 3.42. The number of phenolic OH excluding ortho intramolecular Hbond substituents is 1. The van der Waals surface area contributed by atoms with Crippen LogP contribution in [0, 0.1) is 37.7 Å². The fraction of sp³-hybridized carbons (Fsp3) is 0.423. The third-order valence-electron chi connectivity index (χ3n) is 7.71. The Kier molecular flexibility index (Phi) is 7.42. The van der Waals surface area contributed by atoms with Crippen molar-refractivity contribution in [2.45, 2.75) is 50.2 Å². The number of phenols is 1. The lowest BCUT2D eigenvalue weighted by atomic mass is 9.78. The van der Waals surface area contributed by atoms with E-state index < -0.39 is 58.0 Å². The van der Waals surface area contributed by atoms with E-state index in [2.05, 4.69) is 0 Å². The molecule has 3 fully saturated rings. The Labute approximate surface area is 251 Å². The first-order valence-corrected chi connectivity index (χ1v) is 15.7. The summed E-state index contributed by atoms with van der Waals surface area (Å²) in [6.07, 6.45) is -1.06. The van der Waals surface area contributed by atoms with Crippen LogP contribution in [0.2, 0.25) is 0 Å². The van der Waals surface area contributed by atoms with E-state index in [9.17, 15) is 32.5 Å². The van der Waals surface area contributed by atoms with E-state index in [4.69, 9.17) is 14.2 Å². The molecule has 5 rings (SSSR count). The second-order valence-electron chi connectivity index (χ2n) is 10.4. The molecule has 0 spiro atoms. The first kappa shape index (κ1) is 28.5. The third-order valence-corrected chi connectivity index (χ3v) is 10.3. The Hall–Kier alpha value is -1.98. The van der Waals surface area contributed by atoms with Gasteiger partial charge in [0.2, 0.25) is 0 Å². The maximum Gasteiger partial charge on any atom is 0.340 e. The average molecular weight is 782 g/mol. The molecule has 2 N–H and O–H groups in total. The molecule has 2 saturated carbocycles. The van der Waals surface area contributed by atoms with Crippen molar-refractivity contribution in [1.82, 2.24) is 0 Å². The standard InChI is InChI=1S/C26H24I2O10S/c1-9(2)12-8-17(10(3)4-18(12)39(33,34)35)36-24(30)19-13-7-14-20(19)25(31)37-22(14)23(13)38-26(32)21-15(27)5-11(29)6-16(21)28/h4-6,8-9,13-14,19-20,22-23,29H,7H2,1-3H3,(H,33,34,35). The van der Waals surface area contributed by atoms with Gasteiger partial charge in [0.15, 0.2) is 0 Å². The van der Waals surface area contributed by atoms with E-state index >= 15 is 0 Å². The Morgan fingerprint density at radius 1 is 1.10 bits per heavy atom. The number of carbonyl (C=O) groups is 3. The summed E-state index contributed by atoms with van der Waals surface area (Å²) >= 11 is 3.86. The third kappa shape index (κ3) is 4.92. The molecule has 0 aromatic heterocycles. The van der Waals surface area contributed by atoms with E-state index in [0.717, 1.165) is 0 Å². The van der Waals surface area contributed by atoms with Gasteiger partial charge in [-0.25, -0.2) is 4.79 Å². The summed E-state index contributed by atoms with van der Waals surface area (Å²) in [5, 5.41) is 9.81. The van der Waals surface area contributed by atoms with Crippen molar-refractivity contribution in [1.29, 1.82) is 0 Å². The van der Waals surface area contributed by atoms with Gasteiger partial charge in [-0.1, -0.05) is 13.8 Å². The van der Waals surface area contributed by atoms with Crippen molar-refractivity contribution in [3.05, 3.63) is 48.1 Å². The van der Waals surface area contributed by atoms with Crippen molar-refractivity contribution in [3.8, 4) is 11.5 Å². The molecule has 1 saturated heterocycles. The SMILES string of the molecule is Cc1cc(S(=O)(=O)O)c(C(C)C)cc1OC(=O)C1C2CC3C(OC(=O)C31)C2OC(=O)c1c(I)cc(O)cc1I. The summed E-state index contributed by atoms with van der Waals surface area (Å²) in [6.45, 7) is 5.03. The number of ether oxygens (including phenoxy) is 3. The second kappa shape index (κ2) is 10.1. The normalized spacial score (nSPS) is 27.1. The number of carbonyl (C=O) groups excluding carboxylic acids is 3. The Morgan fingerprint density at radius 3 is 2.33 bits per heavy atom. The molecule has 39 heavy (non-hydrogen) atoms. The van der Waals surface area contributed by atoms with Crippen LogP contribution in [-0.2, 0) is 29.2 Å². The molecule has 1 aliphatic heterocycles. The molecule has 2 bridgehead atoms. The molecule has 10 nitrogen and oxygen atoms in total. The lowest BCUT2D eigenvalue weighted by Crippen LogP contribution is -2.44. The van der Waals surface area contributed by atoms with Crippen molar-refractivity contribution < 1.29 is 46.7 Å². The second-order valence-corrected chi connectivity index (χ2v) is 14.1. The van der Waals surface area contributed by atoms with Gasteiger partial charge >= 0.3 is 17.9 Å². The summed E-state index contributed by atoms with van der Waals surface area (Å²) in [7, 11) is -4.50. The number of hydrogen-bond donors (Lipinski definition) is 2. The molecule has 208 valence electrons. The molecular formula is C26H24I2O10S. The minimum absolute atomic E-state index is 0.0104. The summed E-state index contributed by atoms with van der Waals surface area (Å²) < 4.78 is 51.6. The maximum absolute atomic E-state index is 13.5. The topological polar surface area (TPSA) is 154 Å². The molecule has 3 aliphatic rings. The van der Waals surface area contributed by atoms with Crippen LogP contribution in [0.4, 0.5) is 0 Å². The van der Waals surface area contributed by atoms with Gasteiger partial charge in [-0.2, -0.15) is 8.42 Å². The van der Waals surface area contributed by atoms with Crippen LogP contribution in [0.25, 0.3) is 0 Å². The molecule has 2 aliphatic carbocycles. The van der Waals surface area contributed by atoms with Crippen LogP contribution >= 0.6 is 45.2 Å². The number of benzene rings is 2. The van der Waals surface area contributed by atoms with E-state index in [1.807, 2.05) is 45.2 Å². The number of halogens is 2. The Bertz CT molecular complexity index is 1500. The van der Waals surface area contributed by atoms with Crippen LogP contribution in [0.3, 0.4) is 0 Å². The van der Waals surface area contributed by atoms with E-state index in [-0.39, 0.29) is 39.4 Å². The molecule has 6 atom stereocenters. The molecule has 2 aromatic carbocycles. The van der Waals surface area contributed by atoms with Crippen LogP contribution in [0.15, 0.2) is 29.2 Å². The number of rotatable bonds is 6. The summed E-state index contributed by atoms with van der Waals surface area (Å²) in [5.74, 6) is -4.51. The van der Waals surface area contributed by atoms with Gasteiger partial charge < -0.3 is 19.3 Å². The number of fused-ring (bicyclic) bond motifs is 1. The van der Waals surface area contributed by atoms with Crippen molar-refractivity contribution in [3.63, 3.8) is 0 Å². The monoisotopic (exact) mass is 782 g/mol. The van der Waals surface area contributed by atoms with Gasteiger partial charge in [-0.05, 0) is 99.8 Å². The van der Waals surface area contributed by atoms with Crippen LogP contribution in [0.5, 0.6) is 11.5 Å². The van der Waals surface area contributed by atoms with E-state index in [1.165, 1.54) is 24.3 Å². The summed E-state index contributed by atoms with van der Waals surface area (Å²) in [6, 6.07) is 5.54.